The van der Waals surface area contributed by atoms with Gasteiger partial charge in [-0.05, 0) is 65.8 Å². The zero-order valence-corrected chi connectivity index (χ0v) is 18.2. The van der Waals surface area contributed by atoms with Gasteiger partial charge in [0.05, 0.1) is 10.7 Å². The molecule has 28 heavy (non-hydrogen) atoms. The van der Waals surface area contributed by atoms with Gasteiger partial charge in [-0.25, -0.2) is 0 Å². The number of amides is 1. The average Bonchev–Trinajstić information content (AvgIpc) is 2.69. The quantitative estimate of drug-likeness (QED) is 0.451. The molecule has 0 spiro atoms. The van der Waals surface area contributed by atoms with E-state index < -0.39 is 0 Å². The Morgan fingerprint density at radius 3 is 2.46 bits per heavy atom. The van der Waals surface area contributed by atoms with Crippen molar-refractivity contribution in [2.24, 2.45) is 0 Å². The second-order valence-electron chi connectivity index (χ2n) is 6.54. The molecule has 3 aromatic carbocycles. The minimum Gasteiger partial charge on any atom is -0.492 e. The highest BCUT2D eigenvalue weighted by Crippen LogP contribution is 2.34. The molecule has 0 atom stereocenters. The fraction of sp³-hybridized carbons (Fsp3) is 0.174. The van der Waals surface area contributed by atoms with E-state index in [1.165, 1.54) is 0 Å². The predicted octanol–water partition coefficient (Wildman–Crippen LogP) is 5.75. The van der Waals surface area contributed by atoms with Crippen molar-refractivity contribution in [1.29, 1.82) is 0 Å². The SMILES string of the molecule is COc1c(I)cc(C(=O)Nc2ccc(C)cc2C)cc1OCc1ccccc1. The first-order chi connectivity index (χ1) is 13.5. The maximum Gasteiger partial charge on any atom is 0.255 e. The van der Waals surface area contributed by atoms with E-state index in [0.29, 0.717) is 23.7 Å². The van der Waals surface area contributed by atoms with Crippen molar-refractivity contribution in [2.75, 3.05) is 12.4 Å². The number of nitrogens with one attached hydrogen (secondary N) is 1. The van der Waals surface area contributed by atoms with Gasteiger partial charge in [0.15, 0.2) is 11.5 Å². The number of rotatable bonds is 6. The fourth-order valence-electron chi connectivity index (χ4n) is 2.89. The van der Waals surface area contributed by atoms with Gasteiger partial charge in [0.25, 0.3) is 5.91 Å². The summed E-state index contributed by atoms with van der Waals surface area (Å²) in [7, 11) is 1.60. The number of benzene rings is 3. The lowest BCUT2D eigenvalue weighted by Gasteiger charge is -2.15. The number of halogens is 1. The van der Waals surface area contributed by atoms with E-state index in [4.69, 9.17) is 9.47 Å². The number of methoxy groups -OCH3 is 1. The van der Waals surface area contributed by atoms with E-state index >= 15 is 0 Å². The maximum absolute atomic E-state index is 12.8. The number of ether oxygens (including phenoxy) is 2. The van der Waals surface area contributed by atoms with E-state index in [2.05, 4.69) is 27.9 Å². The highest BCUT2D eigenvalue weighted by Gasteiger charge is 2.16. The number of hydrogen-bond acceptors (Lipinski definition) is 3. The number of hydrogen-bond donors (Lipinski definition) is 1. The molecule has 1 N–H and O–H groups in total. The molecule has 0 radical (unpaired) electrons. The van der Waals surface area contributed by atoms with Gasteiger partial charge >= 0.3 is 0 Å². The summed E-state index contributed by atoms with van der Waals surface area (Å²) in [6.45, 7) is 4.41. The summed E-state index contributed by atoms with van der Waals surface area (Å²) >= 11 is 2.16. The van der Waals surface area contributed by atoms with Crippen molar-refractivity contribution in [1.82, 2.24) is 0 Å². The second kappa shape index (κ2) is 9.10. The second-order valence-corrected chi connectivity index (χ2v) is 7.70. The van der Waals surface area contributed by atoms with Crippen LogP contribution >= 0.6 is 22.6 Å². The molecular weight excluding hydrogens is 465 g/mol. The summed E-state index contributed by atoms with van der Waals surface area (Å²) in [5.41, 5.74) is 4.55. The lowest BCUT2D eigenvalue weighted by molar-refractivity contribution is 0.102. The Morgan fingerprint density at radius 2 is 1.79 bits per heavy atom. The van der Waals surface area contributed by atoms with Crippen LogP contribution in [-0.2, 0) is 6.61 Å². The number of aryl methyl sites for hydroxylation is 2. The Kier molecular flexibility index (Phi) is 6.57. The molecule has 4 nitrogen and oxygen atoms in total. The van der Waals surface area contributed by atoms with Gasteiger partial charge in [-0.15, -0.1) is 0 Å². The summed E-state index contributed by atoms with van der Waals surface area (Å²) in [5.74, 6) is 0.987. The lowest BCUT2D eigenvalue weighted by atomic mass is 10.1. The van der Waals surface area contributed by atoms with E-state index in [1.807, 2.05) is 62.4 Å². The zero-order valence-electron chi connectivity index (χ0n) is 16.1. The van der Waals surface area contributed by atoms with Crippen LogP contribution in [0.1, 0.15) is 27.0 Å². The molecule has 5 heteroatoms. The topological polar surface area (TPSA) is 47.6 Å². The largest absolute Gasteiger partial charge is 0.492 e. The monoisotopic (exact) mass is 487 g/mol. The summed E-state index contributed by atoms with van der Waals surface area (Å²) in [5, 5.41) is 2.98. The zero-order chi connectivity index (χ0) is 20.1. The first-order valence-corrected chi connectivity index (χ1v) is 9.98. The van der Waals surface area contributed by atoms with Gasteiger partial charge in [0, 0.05) is 11.3 Å². The normalized spacial score (nSPS) is 10.4. The molecule has 0 saturated carbocycles. The Labute approximate surface area is 179 Å². The third kappa shape index (κ3) is 4.84. The van der Waals surface area contributed by atoms with Crippen molar-refractivity contribution in [2.45, 2.75) is 20.5 Å². The molecule has 0 aromatic heterocycles. The van der Waals surface area contributed by atoms with E-state index in [9.17, 15) is 4.79 Å². The minimum atomic E-state index is -0.183. The first-order valence-electron chi connectivity index (χ1n) is 8.91. The summed E-state index contributed by atoms with van der Waals surface area (Å²) in [6, 6.07) is 19.4. The maximum atomic E-state index is 12.8. The van der Waals surface area contributed by atoms with E-state index in [-0.39, 0.29) is 5.91 Å². The number of carbonyl (C=O) groups is 1. The summed E-state index contributed by atoms with van der Waals surface area (Å²) < 4.78 is 12.3. The summed E-state index contributed by atoms with van der Waals surface area (Å²) in [6.07, 6.45) is 0. The number of carbonyl (C=O) groups excluding carboxylic acids is 1. The molecule has 3 aromatic rings. The van der Waals surface area contributed by atoms with Crippen LogP contribution in [0, 0.1) is 17.4 Å². The fourth-order valence-corrected chi connectivity index (χ4v) is 3.71. The van der Waals surface area contributed by atoms with Gasteiger partial charge in [-0.2, -0.15) is 0 Å². The van der Waals surface area contributed by atoms with Crippen LogP contribution in [0.25, 0.3) is 0 Å². The average molecular weight is 487 g/mol. The van der Waals surface area contributed by atoms with E-state index in [0.717, 1.165) is 25.9 Å². The first kappa shape index (κ1) is 20.2. The van der Waals surface area contributed by atoms with Crippen molar-refractivity contribution in [3.05, 3.63) is 86.5 Å². The van der Waals surface area contributed by atoms with Crippen molar-refractivity contribution >= 4 is 34.2 Å². The van der Waals surface area contributed by atoms with Gasteiger partial charge in [0.1, 0.15) is 6.61 Å². The van der Waals surface area contributed by atoms with Crippen LogP contribution in [-0.4, -0.2) is 13.0 Å². The Hall–Kier alpha value is -2.54. The molecule has 144 valence electrons. The summed E-state index contributed by atoms with van der Waals surface area (Å²) in [4.78, 5) is 12.8. The van der Waals surface area contributed by atoms with Crippen LogP contribution in [0.5, 0.6) is 11.5 Å². The third-order valence-electron chi connectivity index (χ3n) is 4.34. The minimum absolute atomic E-state index is 0.183. The third-order valence-corrected chi connectivity index (χ3v) is 5.14. The Bertz CT molecular complexity index is 987. The lowest BCUT2D eigenvalue weighted by Crippen LogP contribution is -2.13. The molecule has 3 rings (SSSR count). The molecule has 0 bridgehead atoms. The molecule has 1 amide bonds. The highest BCUT2D eigenvalue weighted by atomic mass is 127. The smallest absolute Gasteiger partial charge is 0.255 e. The van der Waals surface area contributed by atoms with Crippen LogP contribution < -0.4 is 14.8 Å². The molecule has 0 heterocycles. The Balaban J connectivity index is 1.84. The molecule has 0 aliphatic carbocycles. The molecular formula is C23H22INO3. The number of anilines is 1. The molecule has 0 unspecified atom stereocenters. The Morgan fingerprint density at radius 1 is 1.04 bits per heavy atom. The van der Waals surface area contributed by atoms with Crippen molar-refractivity contribution in [3.8, 4) is 11.5 Å². The van der Waals surface area contributed by atoms with Gasteiger partial charge < -0.3 is 14.8 Å². The molecule has 0 saturated heterocycles. The molecule has 0 fully saturated rings. The van der Waals surface area contributed by atoms with Crippen molar-refractivity contribution < 1.29 is 14.3 Å². The van der Waals surface area contributed by atoms with Crippen LogP contribution in [0.3, 0.4) is 0 Å². The van der Waals surface area contributed by atoms with Crippen LogP contribution in [0.2, 0.25) is 0 Å². The van der Waals surface area contributed by atoms with Crippen LogP contribution in [0.15, 0.2) is 60.7 Å². The molecule has 0 aliphatic rings. The van der Waals surface area contributed by atoms with Crippen molar-refractivity contribution in [3.63, 3.8) is 0 Å². The standard InChI is InChI=1S/C23H22INO3/c1-15-9-10-20(16(2)11-15)25-23(26)18-12-19(24)22(27-3)21(13-18)28-14-17-7-5-4-6-8-17/h4-13H,14H2,1-3H3,(H,25,26). The van der Waals surface area contributed by atoms with Crippen LogP contribution in [0.4, 0.5) is 5.69 Å². The highest BCUT2D eigenvalue weighted by molar-refractivity contribution is 14.1. The van der Waals surface area contributed by atoms with Gasteiger partial charge in [0.2, 0.25) is 0 Å². The predicted molar refractivity (Wildman–Crippen MR) is 120 cm³/mol. The van der Waals surface area contributed by atoms with Gasteiger partial charge in [-0.1, -0.05) is 48.0 Å². The molecule has 0 aliphatic heterocycles. The van der Waals surface area contributed by atoms with E-state index in [1.54, 1.807) is 19.2 Å². The van der Waals surface area contributed by atoms with Gasteiger partial charge in [-0.3, -0.25) is 4.79 Å².